The molecule has 0 radical (unpaired) electrons. The Bertz CT molecular complexity index is 1430. The van der Waals surface area contributed by atoms with Gasteiger partial charge in [-0.2, -0.15) is 0 Å². The van der Waals surface area contributed by atoms with Gasteiger partial charge < -0.3 is 9.47 Å². The second-order valence-corrected chi connectivity index (χ2v) is 20.7. The van der Waals surface area contributed by atoms with E-state index in [-0.39, 0.29) is 11.5 Å². The minimum absolute atomic E-state index is 0.136. The molecule has 4 unspecified atom stereocenters. The Morgan fingerprint density at radius 2 is 0.783 bits per heavy atom. The van der Waals surface area contributed by atoms with Crippen LogP contribution in [0, 0.1) is 83.4 Å². The first kappa shape index (κ1) is 46.0. The SMILES string of the molecule is CCCC1CCC(C2CCC(C3CCC(c4cc(F)c(C)c(F)c4)CC3)OC2)CC1.CCCC1CCC(C2CCC(C3CCC(c4cc(F)c(F)c(F)c4)CC3)CC2)OC1. The quantitative estimate of drug-likeness (QED) is 0.175. The summed E-state index contributed by atoms with van der Waals surface area (Å²) < 4.78 is 81.0. The molecule has 2 aromatic rings. The highest BCUT2D eigenvalue weighted by atomic mass is 19.2. The Balaban J connectivity index is 0.000000181. The minimum atomic E-state index is -1.35. The number of rotatable bonds is 10. The van der Waals surface area contributed by atoms with Crippen molar-refractivity contribution in [2.45, 2.75) is 199 Å². The molecule has 2 nitrogen and oxygen atoms in total. The van der Waals surface area contributed by atoms with Crippen LogP contribution in [0.25, 0.3) is 0 Å². The molecular formula is C53H77F5O2. The van der Waals surface area contributed by atoms with Crippen molar-refractivity contribution >= 4 is 0 Å². The molecule has 6 aliphatic rings. The Labute approximate surface area is 359 Å². The van der Waals surface area contributed by atoms with Gasteiger partial charge in [0, 0.05) is 12.2 Å². The van der Waals surface area contributed by atoms with Crippen LogP contribution in [0.4, 0.5) is 22.0 Å². The first-order valence-electron chi connectivity index (χ1n) is 24.9. The molecule has 6 fully saturated rings. The first-order valence-corrected chi connectivity index (χ1v) is 24.9. The summed E-state index contributed by atoms with van der Waals surface area (Å²) in [6, 6.07) is 5.51. The second kappa shape index (κ2) is 22.1. The molecular weight excluding hydrogens is 764 g/mol. The Kier molecular flexibility index (Phi) is 16.9. The van der Waals surface area contributed by atoms with Crippen molar-refractivity contribution in [3.05, 3.63) is 70.0 Å². The van der Waals surface area contributed by atoms with Gasteiger partial charge in [-0.25, -0.2) is 22.0 Å². The predicted molar refractivity (Wildman–Crippen MR) is 232 cm³/mol. The lowest BCUT2D eigenvalue weighted by atomic mass is 9.67. The van der Waals surface area contributed by atoms with Crippen molar-refractivity contribution in [2.75, 3.05) is 13.2 Å². The Hall–Kier alpha value is -1.99. The van der Waals surface area contributed by atoms with Gasteiger partial charge in [0.25, 0.3) is 0 Å². The van der Waals surface area contributed by atoms with Crippen molar-refractivity contribution in [1.29, 1.82) is 0 Å². The molecule has 336 valence electrons. The lowest BCUT2D eigenvalue weighted by molar-refractivity contribution is -0.0724. The lowest BCUT2D eigenvalue weighted by Crippen LogP contribution is -2.37. The second-order valence-electron chi connectivity index (χ2n) is 20.7. The van der Waals surface area contributed by atoms with E-state index >= 15 is 0 Å². The number of benzene rings is 2. The summed E-state index contributed by atoms with van der Waals surface area (Å²) in [7, 11) is 0. The number of hydrogen-bond acceptors (Lipinski definition) is 2. The highest BCUT2D eigenvalue weighted by Crippen LogP contribution is 2.47. The van der Waals surface area contributed by atoms with E-state index < -0.39 is 29.1 Å². The van der Waals surface area contributed by atoms with Crippen LogP contribution in [0.15, 0.2) is 24.3 Å². The fraction of sp³-hybridized carbons (Fsp3) is 0.774. The van der Waals surface area contributed by atoms with Gasteiger partial charge >= 0.3 is 0 Å². The molecule has 0 amide bonds. The molecule has 0 bridgehead atoms. The van der Waals surface area contributed by atoms with Crippen LogP contribution in [0.5, 0.6) is 0 Å². The Morgan fingerprint density at radius 1 is 0.417 bits per heavy atom. The zero-order valence-corrected chi connectivity index (χ0v) is 37.3. The fourth-order valence-corrected chi connectivity index (χ4v) is 13.2. The fourth-order valence-electron chi connectivity index (χ4n) is 13.2. The van der Waals surface area contributed by atoms with Gasteiger partial charge in [-0.1, -0.05) is 46.0 Å². The summed E-state index contributed by atoms with van der Waals surface area (Å²) in [5.41, 5.74) is 1.61. The molecule has 0 spiro atoms. The molecule has 2 aromatic carbocycles. The first-order chi connectivity index (χ1) is 29.1. The third kappa shape index (κ3) is 11.8. The maximum atomic E-state index is 14.0. The molecule has 7 heteroatoms. The van der Waals surface area contributed by atoms with Crippen LogP contribution < -0.4 is 0 Å². The summed E-state index contributed by atoms with van der Waals surface area (Å²) >= 11 is 0. The zero-order chi connectivity index (χ0) is 42.2. The summed E-state index contributed by atoms with van der Waals surface area (Å²) in [5.74, 6) is 2.49. The van der Waals surface area contributed by atoms with E-state index in [1.54, 1.807) is 12.1 Å². The zero-order valence-electron chi connectivity index (χ0n) is 37.3. The van der Waals surface area contributed by atoms with E-state index in [1.807, 2.05) is 0 Å². The highest BCUT2D eigenvalue weighted by molar-refractivity contribution is 5.28. The molecule has 0 aromatic heterocycles. The normalized spacial score (nSPS) is 35.3. The average Bonchev–Trinajstić information content (AvgIpc) is 3.28. The number of ether oxygens (including phenoxy) is 2. The van der Waals surface area contributed by atoms with Gasteiger partial charge in [-0.3, -0.25) is 0 Å². The molecule has 0 N–H and O–H groups in total. The molecule has 4 saturated carbocycles. The van der Waals surface area contributed by atoms with Crippen LogP contribution in [0.2, 0.25) is 0 Å². The van der Waals surface area contributed by atoms with Gasteiger partial charge in [0.1, 0.15) is 11.6 Å². The van der Waals surface area contributed by atoms with Crippen molar-refractivity contribution < 1.29 is 31.4 Å². The van der Waals surface area contributed by atoms with E-state index in [0.717, 1.165) is 112 Å². The molecule has 2 saturated heterocycles. The smallest absolute Gasteiger partial charge is 0.194 e. The van der Waals surface area contributed by atoms with E-state index in [4.69, 9.17) is 9.47 Å². The van der Waals surface area contributed by atoms with Crippen molar-refractivity contribution in [3.8, 4) is 0 Å². The average molecular weight is 841 g/mol. The van der Waals surface area contributed by atoms with Crippen molar-refractivity contribution in [3.63, 3.8) is 0 Å². The van der Waals surface area contributed by atoms with Crippen LogP contribution >= 0.6 is 0 Å². The standard InChI is InChI=1S/C27H40F2O.C26H37F3O/c1-3-4-19-5-7-20(8-6-19)23-13-14-27(30-17-23)22-11-9-21(10-12-22)24-15-25(28)18(2)26(29)16-24;1-2-3-17-4-13-25(30-16-17)21-11-9-19(10-12-21)18-5-7-20(8-6-18)22-14-23(27)26(29)24(28)15-22/h15-16,19-23,27H,3-14,17H2,1-2H3;14-15,17-21,25H,2-13,16H2,1H3. The molecule has 4 atom stereocenters. The van der Waals surface area contributed by atoms with Gasteiger partial charge in [0.2, 0.25) is 0 Å². The van der Waals surface area contributed by atoms with Crippen LogP contribution in [-0.2, 0) is 9.47 Å². The van der Waals surface area contributed by atoms with Gasteiger partial charge in [0.05, 0.1) is 18.8 Å². The highest BCUT2D eigenvalue weighted by Gasteiger charge is 2.37. The summed E-state index contributed by atoms with van der Waals surface area (Å²) in [4.78, 5) is 0. The molecule has 8 rings (SSSR count). The maximum absolute atomic E-state index is 14.0. The summed E-state index contributed by atoms with van der Waals surface area (Å²) in [5, 5.41) is 0. The Morgan fingerprint density at radius 3 is 1.25 bits per heavy atom. The predicted octanol–water partition coefficient (Wildman–Crippen LogP) is 15.7. The maximum Gasteiger partial charge on any atom is 0.194 e. The van der Waals surface area contributed by atoms with Crippen molar-refractivity contribution in [2.24, 2.45) is 47.3 Å². The lowest BCUT2D eigenvalue weighted by Gasteiger charge is -2.41. The third-order valence-electron chi connectivity index (χ3n) is 17.0. The number of halogens is 5. The van der Waals surface area contributed by atoms with E-state index in [1.165, 1.54) is 122 Å². The minimum Gasteiger partial charge on any atom is -0.378 e. The van der Waals surface area contributed by atoms with Gasteiger partial charge in [-0.15, -0.1) is 0 Å². The van der Waals surface area contributed by atoms with Gasteiger partial charge in [0.15, 0.2) is 17.5 Å². The molecule has 4 aliphatic carbocycles. The van der Waals surface area contributed by atoms with Gasteiger partial charge in [-0.05, 0) is 223 Å². The number of hydrogen-bond donors (Lipinski definition) is 0. The van der Waals surface area contributed by atoms with Crippen molar-refractivity contribution in [1.82, 2.24) is 0 Å². The third-order valence-corrected chi connectivity index (χ3v) is 17.0. The van der Waals surface area contributed by atoms with Crippen LogP contribution in [0.3, 0.4) is 0 Å². The summed E-state index contributed by atoms with van der Waals surface area (Å²) in [6.45, 7) is 8.01. The molecule has 2 heterocycles. The summed E-state index contributed by atoms with van der Waals surface area (Å²) in [6.07, 6.45) is 30.7. The monoisotopic (exact) mass is 841 g/mol. The molecule has 60 heavy (non-hydrogen) atoms. The topological polar surface area (TPSA) is 18.5 Å². The van der Waals surface area contributed by atoms with E-state index in [2.05, 4.69) is 13.8 Å². The van der Waals surface area contributed by atoms with Crippen LogP contribution in [-0.4, -0.2) is 25.4 Å². The largest absolute Gasteiger partial charge is 0.378 e. The van der Waals surface area contributed by atoms with E-state index in [0.29, 0.717) is 29.6 Å². The molecule has 2 aliphatic heterocycles. The van der Waals surface area contributed by atoms with E-state index in [9.17, 15) is 22.0 Å². The van der Waals surface area contributed by atoms with Crippen LogP contribution in [0.1, 0.15) is 196 Å².